The monoisotopic (exact) mass is 454 g/mol. The van der Waals surface area contributed by atoms with E-state index >= 15 is 0 Å². The Bertz CT molecular complexity index is 1270. The normalized spacial score (nSPS) is 12.5. The number of hydrogen-bond acceptors (Lipinski definition) is 5. The van der Waals surface area contributed by atoms with E-state index in [9.17, 15) is 4.79 Å². The van der Waals surface area contributed by atoms with Gasteiger partial charge in [0.15, 0.2) is 11.5 Å². The summed E-state index contributed by atoms with van der Waals surface area (Å²) in [5.41, 5.74) is 4.67. The van der Waals surface area contributed by atoms with E-state index in [1.54, 1.807) is 6.07 Å². The van der Waals surface area contributed by atoms with Crippen molar-refractivity contribution < 1.29 is 14.3 Å². The maximum absolute atomic E-state index is 12.7. The van der Waals surface area contributed by atoms with Gasteiger partial charge in [-0.15, -0.1) is 0 Å². The van der Waals surface area contributed by atoms with E-state index < -0.39 is 0 Å². The summed E-state index contributed by atoms with van der Waals surface area (Å²) in [6.45, 7) is 1.85. The van der Waals surface area contributed by atoms with Crippen LogP contribution < -0.4 is 14.8 Å². The number of amides is 1. The fourth-order valence-corrected chi connectivity index (χ4v) is 3.99. The summed E-state index contributed by atoms with van der Waals surface area (Å²) in [4.78, 5) is 14.7. The number of hydrogen-bond donors (Lipinski definition) is 1. The highest BCUT2D eigenvalue weighted by Gasteiger charge is 2.17. The molecule has 5 rings (SSSR count). The van der Waals surface area contributed by atoms with Crippen molar-refractivity contribution in [3.05, 3.63) is 90.6 Å². The molecule has 172 valence electrons. The van der Waals surface area contributed by atoms with Crippen LogP contribution in [0.5, 0.6) is 11.5 Å². The van der Waals surface area contributed by atoms with Crippen LogP contribution in [-0.2, 0) is 11.3 Å². The highest BCUT2D eigenvalue weighted by Crippen LogP contribution is 2.32. The van der Waals surface area contributed by atoms with Gasteiger partial charge in [-0.3, -0.25) is 9.69 Å². The van der Waals surface area contributed by atoms with E-state index in [4.69, 9.17) is 14.6 Å². The number of para-hydroxylation sites is 1. The summed E-state index contributed by atoms with van der Waals surface area (Å²) in [7, 11) is 1.93. The fourth-order valence-electron chi connectivity index (χ4n) is 3.99. The van der Waals surface area contributed by atoms with Gasteiger partial charge in [-0.2, -0.15) is 5.10 Å². The molecule has 1 aliphatic rings. The molecule has 7 heteroatoms. The highest BCUT2D eigenvalue weighted by atomic mass is 16.6. The SMILES string of the molecule is CN(CC(=O)Nc1ccc2c(c1)OCCO2)Cc1cn(-c2ccccc2)nc1-c1ccccc1. The zero-order chi connectivity index (χ0) is 23.3. The molecule has 4 aromatic rings. The molecule has 1 aliphatic heterocycles. The van der Waals surface area contributed by atoms with Crippen LogP contribution in [0.2, 0.25) is 0 Å². The van der Waals surface area contributed by atoms with Gasteiger partial charge in [0, 0.05) is 35.6 Å². The number of ether oxygens (including phenoxy) is 2. The smallest absolute Gasteiger partial charge is 0.238 e. The molecule has 0 aliphatic carbocycles. The van der Waals surface area contributed by atoms with Crippen LogP contribution in [0.1, 0.15) is 5.56 Å². The maximum Gasteiger partial charge on any atom is 0.238 e. The van der Waals surface area contributed by atoms with E-state index in [0.29, 0.717) is 36.9 Å². The number of carbonyl (C=O) groups is 1. The summed E-state index contributed by atoms with van der Waals surface area (Å²) in [6, 6.07) is 25.6. The molecule has 3 aromatic carbocycles. The largest absolute Gasteiger partial charge is 0.486 e. The first-order chi connectivity index (χ1) is 16.7. The molecular formula is C27H26N4O3. The van der Waals surface area contributed by atoms with Gasteiger partial charge >= 0.3 is 0 Å². The topological polar surface area (TPSA) is 68.6 Å². The van der Waals surface area contributed by atoms with Gasteiger partial charge in [0.25, 0.3) is 0 Å². The summed E-state index contributed by atoms with van der Waals surface area (Å²) in [5.74, 6) is 1.25. The first-order valence-corrected chi connectivity index (χ1v) is 11.2. The van der Waals surface area contributed by atoms with Gasteiger partial charge in [0.1, 0.15) is 13.2 Å². The van der Waals surface area contributed by atoms with Crippen molar-refractivity contribution in [3.8, 4) is 28.4 Å². The third-order valence-electron chi connectivity index (χ3n) is 5.54. The second-order valence-electron chi connectivity index (χ2n) is 8.23. The Morgan fingerprint density at radius 1 is 0.971 bits per heavy atom. The van der Waals surface area contributed by atoms with E-state index in [-0.39, 0.29) is 12.5 Å². The molecule has 1 amide bonds. The van der Waals surface area contributed by atoms with Crippen LogP contribution in [0.25, 0.3) is 16.9 Å². The Kier molecular flexibility index (Phi) is 6.27. The van der Waals surface area contributed by atoms with Crippen LogP contribution in [0.4, 0.5) is 5.69 Å². The van der Waals surface area contributed by atoms with E-state index in [1.165, 1.54) is 0 Å². The zero-order valence-corrected chi connectivity index (χ0v) is 19.0. The van der Waals surface area contributed by atoms with Crippen molar-refractivity contribution in [2.24, 2.45) is 0 Å². The number of carbonyl (C=O) groups excluding carboxylic acids is 1. The van der Waals surface area contributed by atoms with Crippen LogP contribution in [0.3, 0.4) is 0 Å². The number of benzene rings is 3. The Morgan fingerprint density at radius 3 is 2.44 bits per heavy atom. The summed E-state index contributed by atoms with van der Waals surface area (Å²) in [6.07, 6.45) is 2.03. The Morgan fingerprint density at radius 2 is 1.68 bits per heavy atom. The molecule has 0 radical (unpaired) electrons. The number of nitrogens with one attached hydrogen (secondary N) is 1. The third-order valence-corrected chi connectivity index (χ3v) is 5.54. The number of fused-ring (bicyclic) bond motifs is 1. The first-order valence-electron chi connectivity index (χ1n) is 11.2. The maximum atomic E-state index is 12.7. The minimum Gasteiger partial charge on any atom is -0.486 e. The van der Waals surface area contributed by atoms with Gasteiger partial charge in [0.05, 0.1) is 17.9 Å². The highest BCUT2D eigenvalue weighted by molar-refractivity contribution is 5.92. The van der Waals surface area contributed by atoms with Crippen molar-refractivity contribution in [3.63, 3.8) is 0 Å². The molecule has 0 fully saturated rings. The van der Waals surface area contributed by atoms with Crippen LogP contribution >= 0.6 is 0 Å². The molecule has 0 bridgehead atoms. The standard InChI is InChI=1S/C27H26N4O3/c1-30(19-26(32)28-22-12-13-24-25(16-22)34-15-14-33-24)17-21-18-31(23-10-6-3-7-11-23)29-27(21)20-8-4-2-5-9-20/h2-13,16,18H,14-15,17,19H2,1H3,(H,28,32). The molecule has 7 nitrogen and oxygen atoms in total. The van der Waals surface area contributed by atoms with Gasteiger partial charge in [-0.05, 0) is 31.3 Å². The number of aromatic nitrogens is 2. The second kappa shape index (κ2) is 9.80. The Balaban J connectivity index is 1.30. The number of anilines is 1. The third kappa shape index (κ3) is 4.94. The Hall–Kier alpha value is -4.10. The average molecular weight is 455 g/mol. The van der Waals surface area contributed by atoms with Crippen LogP contribution in [0, 0.1) is 0 Å². The molecule has 34 heavy (non-hydrogen) atoms. The lowest BCUT2D eigenvalue weighted by Gasteiger charge is -2.20. The lowest BCUT2D eigenvalue weighted by molar-refractivity contribution is -0.117. The van der Waals surface area contributed by atoms with E-state index in [2.05, 4.69) is 17.4 Å². The van der Waals surface area contributed by atoms with Gasteiger partial charge in [-0.1, -0.05) is 48.5 Å². The Labute approximate surface area is 198 Å². The summed E-state index contributed by atoms with van der Waals surface area (Å²) >= 11 is 0. The van der Waals surface area contributed by atoms with Gasteiger partial charge in [0.2, 0.25) is 5.91 Å². The van der Waals surface area contributed by atoms with E-state index in [0.717, 1.165) is 22.5 Å². The van der Waals surface area contributed by atoms with Crippen LogP contribution in [-0.4, -0.2) is 47.4 Å². The molecule has 1 aromatic heterocycles. The molecule has 0 spiro atoms. The minimum atomic E-state index is -0.101. The molecule has 0 saturated heterocycles. The van der Waals surface area contributed by atoms with E-state index in [1.807, 2.05) is 83.5 Å². The second-order valence-corrected chi connectivity index (χ2v) is 8.23. The predicted molar refractivity (Wildman–Crippen MR) is 131 cm³/mol. The molecule has 1 N–H and O–H groups in total. The lowest BCUT2D eigenvalue weighted by atomic mass is 10.1. The number of rotatable bonds is 7. The van der Waals surface area contributed by atoms with Crippen molar-refractivity contribution in [2.75, 3.05) is 32.1 Å². The zero-order valence-electron chi connectivity index (χ0n) is 19.0. The quantitative estimate of drug-likeness (QED) is 0.449. The van der Waals surface area contributed by atoms with Crippen molar-refractivity contribution in [2.45, 2.75) is 6.54 Å². The predicted octanol–water partition coefficient (Wildman–Crippen LogP) is 4.38. The lowest BCUT2D eigenvalue weighted by Crippen LogP contribution is -2.30. The first kappa shape index (κ1) is 21.7. The van der Waals surface area contributed by atoms with Gasteiger partial charge in [-0.25, -0.2) is 4.68 Å². The van der Waals surface area contributed by atoms with Crippen molar-refractivity contribution >= 4 is 11.6 Å². The molecule has 2 heterocycles. The van der Waals surface area contributed by atoms with Gasteiger partial charge < -0.3 is 14.8 Å². The van der Waals surface area contributed by atoms with Crippen LogP contribution in [0.15, 0.2) is 85.1 Å². The molecule has 0 atom stereocenters. The van der Waals surface area contributed by atoms with Crippen molar-refractivity contribution in [1.82, 2.24) is 14.7 Å². The number of likely N-dealkylation sites (N-methyl/N-ethyl adjacent to an activating group) is 1. The molecule has 0 saturated carbocycles. The summed E-state index contributed by atoms with van der Waals surface area (Å²) < 4.78 is 13.0. The minimum absolute atomic E-state index is 0.101. The average Bonchev–Trinajstić information content (AvgIpc) is 3.28. The summed E-state index contributed by atoms with van der Waals surface area (Å²) in [5, 5.41) is 7.80. The molecular weight excluding hydrogens is 428 g/mol. The van der Waals surface area contributed by atoms with Crippen molar-refractivity contribution in [1.29, 1.82) is 0 Å². The number of nitrogens with zero attached hydrogens (tertiary/aromatic N) is 3. The fraction of sp³-hybridized carbons (Fsp3) is 0.185. The molecule has 0 unspecified atom stereocenters.